The molecule has 0 saturated heterocycles. The Morgan fingerprint density at radius 3 is 1.65 bits per heavy atom. The van der Waals surface area contributed by atoms with E-state index in [4.69, 9.17) is 0 Å². The van der Waals surface area contributed by atoms with Crippen LogP contribution in [0.15, 0.2) is 0 Å². The topological polar surface area (TPSA) is 23.6 Å². The predicted molar refractivity (Wildman–Crippen MR) is 74.0 cm³/mol. The first kappa shape index (κ1) is 16.4. The van der Waals surface area contributed by atoms with Crippen LogP contribution in [0.3, 0.4) is 0 Å². The van der Waals surface area contributed by atoms with E-state index in [9.17, 15) is 4.79 Å². The maximum absolute atomic E-state index is 12.1. The molecule has 0 saturated carbocycles. The van der Waals surface area contributed by atoms with Crippen molar-refractivity contribution < 1.29 is 4.79 Å². The van der Waals surface area contributed by atoms with E-state index in [1.807, 2.05) is 18.7 Å². The second-order valence-electron chi connectivity index (χ2n) is 5.55. The van der Waals surface area contributed by atoms with Crippen LogP contribution in [0.5, 0.6) is 0 Å². The first-order chi connectivity index (χ1) is 7.90. The van der Waals surface area contributed by atoms with Crippen LogP contribution in [0.4, 0.5) is 0 Å². The highest BCUT2D eigenvalue weighted by molar-refractivity contribution is 5.78. The monoisotopic (exact) mass is 242 g/mol. The lowest BCUT2D eigenvalue weighted by atomic mass is 10.1. The first-order valence-electron chi connectivity index (χ1n) is 6.90. The Bertz CT molecular complexity index is 200. The third-order valence-corrected chi connectivity index (χ3v) is 2.72. The molecule has 0 atom stereocenters. The van der Waals surface area contributed by atoms with E-state index in [0.717, 1.165) is 26.2 Å². The number of hydrogen-bond acceptors (Lipinski definition) is 2. The maximum Gasteiger partial charge on any atom is 0.236 e. The zero-order chi connectivity index (χ0) is 13.4. The summed E-state index contributed by atoms with van der Waals surface area (Å²) >= 11 is 0. The van der Waals surface area contributed by atoms with Crippen molar-refractivity contribution >= 4 is 5.91 Å². The van der Waals surface area contributed by atoms with E-state index < -0.39 is 0 Å². The molecule has 0 heterocycles. The average Bonchev–Trinajstić information content (AvgIpc) is 2.16. The number of likely N-dealkylation sites (N-methyl/N-ethyl adjacent to an activating group) is 1. The summed E-state index contributed by atoms with van der Waals surface area (Å²) in [5, 5.41) is 0. The van der Waals surface area contributed by atoms with Crippen LogP contribution in [-0.2, 0) is 4.79 Å². The van der Waals surface area contributed by atoms with Crippen molar-refractivity contribution in [3.05, 3.63) is 0 Å². The molecule has 0 aromatic heterocycles. The van der Waals surface area contributed by atoms with Gasteiger partial charge in [-0.1, -0.05) is 27.7 Å². The van der Waals surface area contributed by atoms with Gasteiger partial charge in [-0.2, -0.15) is 0 Å². The minimum Gasteiger partial charge on any atom is -0.342 e. The van der Waals surface area contributed by atoms with Gasteiger partial charge in [0.15, 0.2) is 0 Å². The summed E-state index contributed by atoms with van der Waals surface area (Å²) in [4.78, 5) is 16.3. The summed E-state index contributed by atoms with van der Waals surface area (Å²) < 4.78 is 0. The third kappa shape index (κ3) is 7.37. The van der Waals surface area contributed by atoms with Gasteiger partial charge in [-0.25, -0.2) is 0 Å². The molecule has 0 fully saturated rings. The van der Waals surface area contributed by atoms with Crippen LogP contribution in [0.25, 0.3) is 0 Å². The molecular formula is C14H30N2O. The van der Waals surface area contributed by atoms with Crippen molar-refractivity contribution in [2.75, 3.05) is 32.7 Å². The van der Waals surface area contributed by atoms with E-state index in [1.54, 1.807) is 0 Å². The molecule has 0 aliphatic rings. The zero-order valence-corrected chi connectivity index (χ0v) is 12.5. The molecule has 0 spiro atoms. The number of amides is 1. The quantitative estimate of drug-likeness (QED) is 0.653. The van der Waals surface area contributed by atoms with Gasteiger partial charge in [-0.05, 0) is 25.7 Å². The Kier molecular flexibility index (Phi) is 8.23. The van der Waals surface area contributed by atoms with Gasteiger partial charge in [0.2, 0.25) is 5.91 Å². The minimum absolute atomic E-state index is 0.260. The lowest BCUT2D eigenvalue weighted by Gasteiger charge is -2.28. The summed E-state index contributed by atoms with van der Waals surface area (Å²) in [7, 11) is 0. The summed E-state index contributed by atoms with van der Waals surface area (Å²) in [6.45, 7) is 17.1. The van der Waals surface area contributed by atoms with Crippen LogP contribution in [0, 0.1) is 11.8 Å². The molecule has 1 amide bonds. The van der Waals surface area contributed by atoms with Crippen LogP contribution < -0.4 is 0 Å². The molecule has 0 radical (unpaired) electrons. The van der Waals surface area contributed by atoms with Crippen molar-refractivity contribution in [2.24, 2.45) is 11.8 Å². The predicted octanol–water partition coefficient (Wildman–Crippen LogP) is 2.47. The molecular weight excluding hydrogens is 212 g/mol. The fourth-order valence-electron chi connectivity index (χ4n) is 2.10. The number of hydrogen-bond donors (Lipinski definition) is 0. The fraction of sp³-hybridized carbons (Fsp3) is 0.929. The standard InChI is InChI=1S/C14H30N2O/c1-7-16(8-2)14(17)11-15(9-12(3)4)10-13(5)6/h12-13H,7-11H2,1-6H3. The summed E-state index contributed by atoms with van der Waals surface area (Å²) in [5.41, 5.74) is 0. The Morgan fingerprint density at radius 2 is 1.35 bits per heavy atom. The van der Waals surface area contributed by atoms with Crippen LogP contribution in [-0.4, -0.2) is 48.4 Å². The van der Waals surface area contributed by atoms with Gasteiger partial charge in [-0.15, -0.1) is 0 Å². The zero-order valence-electron chi connectivity index (χ0n) is 12.5. The second-order valence-corrected chi connectivity index (χ2v) is 5.55. The van der Waals surface area contributed by atoms with Gasteiger partial charge in [0.25, 0.3) is 0 Å². The van der Waals surface area contributed by atoms with Crippen molar-refractivity contribution in [3.63, 3.8) is 0 Å². The van der Waals surface area contributed by atoms with Gasteiger partial charge < -0.3 is 4.90 Å². The van der Waals surface area contributed by atoms with Gasteiger partial charge in [0.05, 0.1) is 6.54 Å². The summed E-state index contributed by atoms with van der Waals surface area (Å²) in [5.74, 6) is 1.48. The normalized spacial score (nSPS) is 11.6. The molecule has 3 heteroatoms. The first-order valence-corrected chi connectivity index (χ1v) is 6.90. The number of carbonyl (C=O) groups excluding carboxylic acids is 1. The van der Waals surface area contributed by atoms with E-state index in [0.29, 0.717) is 18.4 Å². The Hall–Kier alpha value is -0.570. The highest BCUT2D eigenvalue weighted by Crippen LogP contribution is 2.04. The Morgan fingerprint density at radius 1 is 0.941 bits per heavy atom. The fourth-order valence-corrected chi connectivity index (χ4v) is 2.10. The summed E-state index contributed by atoms with van der Waals surface area (Å²) in [6, 6.07) is 0. The Balaban J connectivity index is 4.35. The Labute approximate surface area is 107 Å². The van der Waals surface area contributed by atoms with Crippen molar-refractivity contribution in [1.82, 2.24) is 9.80 Å². The molecule has 17 heavy (non-hydrogen) atoms. The molecule has 0 aromatic rings. The second kappa shape index (κ2) is 8.51. The number of rotatable bonds is 8. The molecule has 0 aromatic carbocycles. The van der Waals surface area contributed by atoms with Crippen molar-refractivity contribution in [3.8, 4) is 0 Å². The molecule has 0 unspecified atom stereocenters. The van der Waals surface area contributed by atoms with E-state index in [1.165, 1.54) is 0 Å². The molecule has 0 aliphatic carbocycles. The van der Waals surface area contributed by atoms with Crippen LogP contribution in [0.2, 0.25) is 0 Å². The van der Waals surface area contributed by atoms with Gasteiger partial charge >= 0.3 is 0 Å². The molecule has 3 nitrogen and oxygen atoms in total. The van der Waals surface area contributed by atoms with E-state index >= 15 is 0 Å². The smallest absolute Gasteiger partial charge is 0.236 e. The number of nitrogens with zero attached hydrogens (tertiary/aromatic N) is 2. The van der Waals surface area contributed by atoms with Gasteiger partial charge in [0.1, 0.15) is 0 Å². The highest BCUT2D eigenvalue weighted by atomic mass is 16.2. The lowest BCUT2D eigenvalue weighted by Crippen LogP contribution is -2.42. The van der Waals surface area contributed by atoms with E-state index in [2.05, 4.69) is 32.6 Å². The highest BCUT2D eigenvalue weighted by Gasteiger charge is 2.16. The van der Waals surface area contributed by atoms with Crippen LogP contribution >= 0.6 is 0 Å². The molecule has 0 aliphatic heterocycles. The average molecular weight is 242 g/mol. The van der Waals surface area contributed by atoms with E-state index in [-0.39, 0.29) is 5.91 Å². The SMILES string of the molecule is CCN(CC)C(=O)CN(CC(C)C)CC(C)C. The van der Waals surface area contributed by atoms with Crippen molar-refractivity contribution in [2.45, 2.75) is 41.5 Å². The number of carbonyl (C=O) groups is 1. The molecule has 102 valence electrons. The summed E-state index contributed by atoms with van der Waals surface area (Å²) in [6.07, 6.45) is 0. The maximum atomic E-state index is 12.1. The molecule has 0 bridgehead atoms. The molecule has 0 N–H and O–H groups in total. The van der Waals surface area contributed by atoms with Gasteiger partial charge in [0, 0.05) is 26.2 Å². The minimum atomic E-state index is 0.260. The largest absolute Gasteiger partial charge is 0.342 e. The molecule has 0 rings (SSSR count). The lowest BCUT2D eigenvalue weighted by molar-refractivity contribution is -0.132. The van der Waals surface area contributed by atoms with Crippen LogP contribution in [0.1, 0.15) is 41.5 Å². The van der Waals surface area contributed by atoms with Crippen molar-refractivity contribution in [1.29, 1.82) is 0 Å². The third-order valence-electron chi connectivity index (χ3n) is 2.72. The van der Waals surface area contributed by atoms with Gasteiger partial charge in [-0.3, -0.25) is 9.69 Å².